The largest absolute Gasteiger partial charge is 0.375 e. The van der Waals surface area contributed by atoms with Crippen molar-refractivity contribution in [1.29, 1.82) is 0 Å². The summed E-state index contributed by atoms with van der Waals surface area (Å²) in [5, 5.41) is 3.30. The molecule has 0 aliphatic heterocycles. The van der Waals surface area contributed by atoms with Gasteiger partial charge in [-0.2, -0.15) is 0 Å². The lowest BCUT2D eigenvalue weighted by Gasteiger charge is -2.23. The Kier molecular flexibility index (Phi) is 6.38. The smallest absolute Gasteiger partial charge is 0.188 e. The predicted octanol–water partition coefficient (Wildman–Crippen LogP) is 2.44. The second-order valence-electron chi connectivity index (χ2n) is 5.28. The van der Waals surface area contributed by atoms with Crippen LogP contribution in [0.15, 0.2) is 35.3 Å². The molecule has 1 fully saturated rings. The molecule has 3 N–H and O–H groups in total. The highest BCUT2D eigenvalue weighted by Gasteiger charge is 2.12. The molecule has 1 aromatic rings. The highest BCUT2D eigenvalue weighted by Crippen LogP contribution is 2.16. The van der Waals surface area contributed by atoms with E-state index in [4.69, 9.17) is 10.5 Å². The number of hydrogen-bond donors (Lipinski definition) is 2. The zero-order valence-corrected chi connectivity index (χ0v) is 12.1. The first kappa shape index (κ1) is 14.9. The molecule has 4 heteroatoms. The van der Waals surface area contributed by atoms with Crippen LogP contribution in [0.1, 0.15) is 37.7 Å². The minimum atomic E-state index is 0.512. The Morgan fingerprint density at radius 3 is 2.70 bits per heavy atom. The summed E-state index contributed by atoms with van der Waals surface area (Å²) in [4.78, 5) is 4.31. The monoisotopic (exact) mass is 275 g/mol. The topological polar surface area (TPSA) is 59.6 Å². The van der Waals surface area contributed by atoms with Crippen molar-refractivity contribution in [2.75, 3.05) is 13.2 Å². The Balaban J connectivity index is 1.58. The van der Waals surface area contributed by atoms with E-state index in [-0.39, 0.29) is 0 Å². The first-order valence-corrected chi connectivity index (χ1v) is 7.53. The maximum Gasteiger partial charge on any atom is 0.188 e. The normalized spacial score (nSPS) is 17.1. The number of ether oxygens (including phenoxy) is 1. The molecule has 20 heavy (non-hydrogen) atoms. The van der Waals surface area contributed by atoms with Crippen LogP contribution < -0.4 is 11.1 Å². The van der Waals surface area contributed by atoms with Crippen LogP contribution in [0.5, 0.6) is 0 Å². The van der Waals surface area contributed by atoms with Crippen LogP contribution >= 0.6 is 0 Å². The molecule has 110 valence electrons. The van der Waals surface area contributed by atoms with E-state index < -0.39 is 0 Å². The number of benzene rings is 1. The molecule has 0 amide bonds. The van der Waals surface area contributed by atoms with E-state index in [2.05, 4.69) is 22.4 Å². The van der Waals surface area contributed by atoms with Gasteiger partial charge in [0, 0.05) is 6.04 Å². The second kappa shape index (κ2) is 8.59. The van der Waals surface area contributed by atoms with Crippen molar-refractivity contribution in [2.45, 2.75) is 44.8 Å². The summed E-state index contributed by atoms with van der Waals surface area (Å²) in [5.41, 5.74) is 7.07. The fourth-order valence-electron chi connectivity index (χ4n) is 2.50. The van der Waals surface area contributed by atoms with Gasteiger partial charge in [0.05, 0.1) is 19.8 Å². The van der Waals surface area contributed by atoms with Crippen molar-refractivity contribution in [2.24, 2.45) is 10.7 Å². The molecule has 0 aromatic heterocycles. The van der Waals surface area contributed by atoms with E-state index in [1.165, 1.54) is 37.7 Å². The van der Waals surface area contributed by atoms with Gasteiger partial charge in [-0.05, 0) is 18.4 Å². The number of hydrogen-bond acceptors (Lipinski definition) is 2. The quantitative estimate of drug-likeness (QED) is 0.476. The van der Waals surface area contributed by atoms with E-state index >= 15 is 0 Å². The van der Waals surface area contributed by atoms with E-state index in [0.29, 0.717) is 31.8 Å². The number of nitrogens with one attached hydrogen (secondary N) is 1. The molecule has 1 saturated carbocycles. The molecule has 0 spiro atoms. The van der Waals surface area contributed by atoms with Gasteiger partial charge in [-0.3, -0.25) is 4.99 Å². The highest BCUT2D eigenvalue weighted by atomic mass is 16.5. The summed E-state index contributed by atoms with van der Waals surface area (Å²) in [7, 11) is 0. The lowest BCUT2D eigenvalue weighted by Crippen LogP contribution is -2.41. The highest BCUT2D eigenvalue weighted by molar-refractivity contribution is 5.78. The van der Waals surface area contributed by atoms with Gasteiger partial charge in [0.25, 0.3) is 0 Å². The third kappa shape index (κ3) is 5.61. The van der Waals surface area contributed by atoms with Gasteiger partial charge in [0.2, 0.25) is 0 Å². The molecule has 1 aliphatic rings. The first-order valence-electron chi connectivity index (χ1n) is 7.53. The minimum absolute atomic E-state index is 0.512. The molecule has 0 saturated heterocycles. The van der Waals surface area contributed by atoms with E-state index in [0.717, 1.165) is 0 Å². The SMILES string of the molecule is NC(=NCCOCc1ccccc1)NC1CCCCC1. The predicted molar refractivity (Wildman–Crippen MR) is 82.6 cm³/mol. The van der Waals surface area contributed by atoms with Crippen molar-refractivity contribution in [3.05, 3.63) is 35.9 Å². The Labute approximate surface area is 121 Å². The summed E-state index contributed by atoms with van der Waals surface area (Å²) in [6.07, 6.45) is 6.36. The summed E-state index contributed by atoms with van der Waals surface area (Å²) in [6.45, 7) is 1.84. The van der Waals surface area contributed by atoms with Crippen LogP contribution in [-0.2, 0) is 11.3 Å². The Morgan fingerprint density at radius 2 is 1.95 bits per heavy atom. The molecule has 0 heterocycles. The number of nitrogens with zero attached hydrogens (tertiary/aromatic N) is 1. The summed E-state index contributed by atoms with van der Waals surface area (Å²) in [5.74, 6) is 0.556. The molecule has 0 atom stereocenters. The molecule has 0 radical (unpaired) electrons. The van der Waals surface area contributed by atoms with Crippen LogP contribution in [0.4, 0.5) is 0 Å². The lowest BCUT2D eigenvalue weighted by atomic mass is 9.96. The Hall–Kier alpha value is -1.55. The van der Waals surface area contributed by atoms with Crippen molar-refractivity contribution >= 4 is 5.96 Å². The maximum atomic E-state index is 5.88. The number of guanidine groups is 1. The van der Waals surface area contributed by atoms with E-state index in [9.17, 15) is 0 Å². The molecule has 1 aromatic carbocycles. The van der Waals surface area contributed by atoms with Crippen molar-refractivity contribution in [3.8, 4) is 0 Å². The van der Waals surface area contributed by atoms with Gasteiger partial charge in [-0.25, -0.2) is 0 Å². The zero-order chi connectivity index (χ0) is 14.0. The average Bonchev–Trinajstić information content (AvgIpc) is 2.49. The van der Waals surface area contributed by atoms with Gasteiger partial charge in [-0.1, -0.05) is 49.6 Å². The third-order valence-corrected chi connectivity index (χ3v) is 3.59. The molecular weight excluding hydrogens is 250 g/mol. The molecule has 0 bridgehead atoms. The van der Waals surface area contributed by atoms with Gasteiger partial charge >= 0.3 is 0 Å². The molecule has 1 aliphatic carbocycles. The van der Waals surface area contributed by atoms with Crippen LogP contribution in [0, 0.1) is 0 Å². The van der Waals surface area contributed by atoms with Gasteiger partial charge in [0.15, 0.2) is 5.96 Å². The average molecular weight is 275 g/mol. The Bertz CT molecular complexity index is 399. The molecule has 0 unspecified atom stereocenters. The third-order valence-electron chi connectivity index (χ3n) is 3.59. The van der Waals surface area contributed by atoms with Crippen LogP contribution in [0.3, 0.4) is 0 Å². The van der Waals surface area contributed by atoms with E-state index in [1.54, 1.807) is 0 Å². The van der Waals surface area contributed by atoms with E-state index in [1.807, 2.05) is 18.2 Å². The lowest BCUT2D eigenvalue weighted by molar-refractivity contribution is 0.128. The number of nitrogens with two attached hydrogens (primary N) is 1. The molecular formula is C16H25N3O. The maximum absolute atomic E-state index is 5.88. The number of rotatable bonds is 6. The van der Waals surface area contributed by atoms with Crippen molar-refractivity contribution in [3.63, 3.8) is 0 Å². The van der Waals surface area contributed by atoms with Crippen LogP contribution in [0.25, 0.3) is 0 Å². The molecule has 2 rings (SSSR count). The van der Waals surface area contributed by atoms with Crippen LogP contribution in [0.2, 0.25) is 0 Å². The van der Waals surface area contributed by atoms with Gasteiger partial charge < -0.3 is 15.8 Å². The molecule has 4 nitrogen and oxygen atoms in total. The summed E-state index contributed by atoms with van der Waals surface area (Å²) >= 11 is 0. The Morgan fingerprint density at radius 1 is 1.20 bits per heavy atom. The second-order valence-corrected chi connectivity index (χ2v) is 5.28. The number of aliphatic imine (C=N–C) groups is 1. The van der Waals surface area contributed by atoms with Gasteiger partial charge in [0.1, 0.15) is 0 Å². The summed E-state index contributed by atoms with van der Waals surface area (Å²) < 4.78 is 5.57. The van der Waals surface area contributed by atoms with Gasteiger partial charge in [-0.15, -0.1) is 0 Å². The standard InChI is InChI=1S/C16H25N3O/c17-16(19-15-9-5-2-6-10-15)18-11-12-20-13-14-7-3-1-4-8-14/h1,3-4,7-8,15H,2,5-6,9-13H2,(H3,17,18,19). The van der Waals surface area contributed by atoms with Crippen LogP contribution in [-0.4, -0.2) is 25.2 Å². The van der Waals surface area contributed by atoms with Crippen molar-refractivity contribution < 1.29 is 4.74 Å². The first-order chi connectivity index (χ1) is 9.84. The fraction of sp³-hybridized carbons (Fsp3) is 0.562. The summed E-state index contributed by atoms with van der Waals surface area (Å²) in [6, 6.07) is 10.7. The van der Waals surface area contributed by atoms with Crippen molar-refractivity contribution in [1.82, 2.24) is 5.32 Å². The fourth-order valence-corrected chi connectivity index (χ4v) is 2.50. The zero-order valence-electron chi connectivity index (χ0n) is 12.1. The minimum Gasteiger partial charge on any atom is -0.375 e.